The number of carbonyl (C=O) groups is 1. The molecule has 0 saturated heterocycles. The van der Waals surface area contributed by atoms with Gasteiger partial charge in [-0.05, 0) is 23.3 Å². The van der Waals surface area contributed by atoms with E-state index in [0.29, 0.717) is 17.1 Å². The van der Waals surface area contributed by atoms with Gasteiger partial charge in [-0.1, -0.05) is 54.1 Å². The highest BCUT2D eigenvalue weighted by molar-refractivity contribution is 7.98. The standard InChI is InChI=1S/C19H23ClN2O3S2/c1-22(27(2,24)25)18(16-6-4-3-5-7-16)19(23)21-12-13-26-14-15-8-10-17(20)11-9-15/h3-11,18H,12-14H2,1-2H3,(H,21,23)/t18-/m0/s1. The number of rotatable bonds is 9. The lowest BCUT2D eigenvalue weighted by Crippen LogP contribution is -2.41. The molecule has 146 valence electrons. The quantitative estimate of drug-likeness (QED) is 0.624. The van der Waals surface area contributed by atoms with Crippen LogP contribution in [0.1, 0.15) is 17.2 Å². The zero-order chi connectivity index (χ0) is 19.9. The topological polar surface area (TPSA) is 66.5 Å². The second-order valence-electron chi connectivity index (χ2n) is 6.06. The van der Waals surface area contributed by atoms with Crippen LogP contribution >= 0.6 is 23.4 Å². The predicted octanol–water partition coefficient (Wildman–Crippen LogP) is 3.32. The van der Waals surface area contributed by atoms with Gasteiger partial charge in [-0.3, -0.25) is 4.79 Å². The van der Waals surface area contributed by atoms with Crippen LogP contribution < -0.4 is 5.32 Å². The highest BCUT2D eigenvalue weighted by Gasteiger charge is 2.30. The van der Waals surface area contributed by atoms with Crippen LogP contribution in [0.2, 0.25) is 5.02 Å². The molecule has 0 saturated carbocycles. The van der Waals surface area contributed by atoms with Crippen LogP contribution in [-0.2, 0) is 20.6 Å². The number of benzene rings is 2. The van der Waals surface area contributed by atoms with Gasteiger partial charge in [0.05, 0.1) is 6.26 Å². The molecule has 1 N–H and O–H groups in total. The minimum atomic E-state index is -3.51. The van der Waals surface area contributed by atoms with Gasteiger partial charge in [-0.15, -0.1) is 0 Å². The van der Waals surface area contributed by atoms with Crippen LogP contribution in [-0.4, -0.2) is 44.2 Å². The lowest BCUT2D eigenvalue weighted by Gasteiger charge is -2.25. The van der Waals surface area contributed by atoms with Gasteiger partial charge in [0.25, 0.3) is 0 Å². The summed E-state index contributed by atoms with van der Waals surface area (Å²) in [5, 5.41) is 3.55. The first-order chi connectivity index (χ1) is 12.8. The average molecular weight is 427 g/mol. The first-order valence-electron chi connectivity index (χ1n) is 8.37. The van der Waals surface area contributed by atoms with Crippen molar-refractivity contribution in [3.8, 4) is 0 Å². The SMILES string of the molecule is CN([C@H](C(=O)NCCSCc1ccc(Cl)cc1)c1ccccc1)S(C)(=O)=O. The van der Waals surface area contributed by atoms with Crippen molar-refractivity contribution in [2.24, 2.45) is 0 Å². The van der Waals surface area contributed by atoms with Crippen molar-refractivity contribution in [3.05, 3.63) is 70.7 Å². The van der Waals surface area contributed by atoms with Gasteiger partial charge in [-0.2, -0.15) is 16.1 Å². The van der Waals surface area contributed by atoms with Crippen molar-refractivity contribution >= 4 is 39.3 Å². The summed E-state index contributed by atoms with van der Waals surface area (Å²) >= 11 is 7.55. The predicted molar refractivity (Wildman–Crippen MR) is 112 cm³/mol. The first kappa shape index (κ1) is 21.8. The summed E-state index contributed by atoms with van der Waals surface area (Å²) in [6.07, 6.45) is 1.10. The maximum Gasteiger partial charge on any atom is 0.243 e. The molecule has 0 unspecified atom stereocenters. The van der Waals surface area contributed by atoms with E-state index in [4.69, 9.17) is 11.6 Å². The molecule has 0 spiro atoms. The third-order valence-electron chi connectivity index (χ3n) is 3.98. The molecule has 2 aromatic rings. The van der Waals surface area contributed by atoms with Crippen molar-refractivity contribution in [1.82, 2.24) is 9.62 Å². The molecule has 2 aromatic carbocycles. The smallest absolute Gasteiger partial charge is 0.243 e. The van der Waals surface area contributed by atoms with Crippen LogP contribution in [0.3, 0.4) is 0 Å². The lowest BCUT2D eigenvalue weighted by atomic mass is 10.1. The molecule has 2 rings (SSSR count). The van der Waals surface area contributed by atoms with Crippen LogP contribution in [0.15, 0.2) is 54.6 Å². The number of amides is 1. The summed E-state index contributed by atoms with van der Waals surface area (Å²) in [6, 6.07) is 15.7. The maximum atomic E-state index is 12.7. The maximum absolute atomic E-state index is 12.7. The minimum Gasteiger partial charge on any atom is -0.354 e. The number of nitrogens with zero attached hydrogens (tertiary/aromatic N) is 1. The number of likely N-dealkylation sites (N-methyl/N-ethyl adjacent to an activating group) is 1. The zero-order valence-electron chi connectivity index (χ0n) is 15.3. The molecule has 0 aliphatic heterocycles. The van der Waals surface area contributed by atoms with E-state index in [0.717, 1.165) is 27.6 Å². The van der Waals surface area contributed by atoms with Gasteiger partial charge >= 0.3 is 0 Å². The van der Waals surface area contributed by atoms with E-state index in [2.05, 4.69) is 5.32 Å². The number of hydrogen-bond donors (Lipinski definition) is 1. The Morgan fingerprint density at radius 3 is 2.37 bits per heavy atom. The van der Waals surface area contributed by atoms with E-state index in [-0.39, 0.29) is 5.91 Å². The molecule has 1 amide bonds. The van der Waals surface area contributed by atoms with Crippen molar-refractivity contribution < 1.29 is 13.2 Å². The van der Waals surface area contributed by atoms with Gasteiger partial charge in [0.2, 0.25) is 15.9 Å². The molecule has 0 fully saturated rings. The number of hydrogen-bond acceptors (Lipinski definition) is 4. The van der Waals surface area contributed by atoms with Crippen molar-refractivity contribution in [2.45, 2.75) is 11.8 Å². The summed E-state index contributed by atoms with van der Waals surface area (Å²) in [4.78, 5) is 12.7. The van der Waals surface area contributed by atoms with Gasteiger partial charge in [0.15, 0.2) is 0 Å². The molecular formula is C19H23ClN2O3S2. The van der Waals surface area contributed by atoms with E-state index in [1.807, 2.05) is 30.3 Å². The molecule has 0 aromatic heterocycles. The molecular weight excluding hydrogens is 404 g/mol. The Morgan fingerprint density at radius 2 is 1.78 bits per heavy atom. The molecule has 1 atom stereocenters. The fourth-order valence-electron chi connectivity index (χ4n) is 2.47. The lowest BCUT2D eigenvalue weighted by molar-refractivity contribution is -0.124. The molecule has 0 aliphatic carbocycles. The van der Waals surface area contributed by atoms with Crippen molar-refractivity contribution in [2.75, 3.05) is 25.6 Å². The minimum absolute atomic E-state index is 0.332. The second kappa shape index (κ2) is 10.1. The largest absolute Gasteiger partial charge is 0.354 e. The highest BCUT2D eigenvalue weighted by atomic mass is 35.5. The molecule has 27 heavy (non-hydrogen) atoms. The van der Waals surface area contributed by atoms with E-state index in [1.165, 1.54) is 7.05 Å². The average Bonchev–Trinajstić information content (AvgIpc) is 2.63. The van der Waals surface area contributed by atoms with Crippen LogP contribution in [0.25, 0.3) is 0 Å². The summed E-state index contributed by atoms with van der Waals surface area (Å²) in [6.45, 7) is 0.456. The fraction of sp³-hybridized carbons (Fsp3) is 0.316. The third kappa shape index (κ3) is 6.84. The van der Waals surface area contributed by atoms with Gasteiger partial charge < -0.3 is 5.32 Å². The van der Waals surface area contributed by atoms with Crippen LogP contribution in [0.4, 0.5) is 0 Å². The Hall–Kier alpha value is -1.54. The van der Waals surface area contributed by atoms with Crippen LogP contribution in [0.5, 0.6) is 0 Å². The van der Waals surface area contributed by atoms with Gasteiger partial charge in [0.1, 0.15) is 6.04 Å². The number of thioether (sulfide) groups is 1. The van der Waals surface area contributed by atoms with Crippen LogP contribution in [0, 0.1) is 0 Å². The fourth-order valence-corrected chi connectivity index (χ4v) is 4.01. The summed E-state index contributed by atoms with van der Waals surface area (Å²) in [5.41, 5.74) is 1.80. The van der Waals surface area contributed by atoms with E-state index >= 15 is 0 Å². The Kier molecular flexibility index (Phi) is 8.16. The Morgan fingerprint density at radius 1 is 1.15 bits per heavy atom. The summed E-state index contributed by atoms with van der Waals surface area (Å²) in [7, 11) is -2.10. The number of halogens is 1. The Bertz CT molecular complexity index is 843. The zero-order valence-corrected chi connectivity index (χ0v) is 17.7. The van der Waals surface area contributed by atoms with E-state index in [1.54, 1.807) is 36.0 Å². The van der Waals surface area contributed by atoms with E-state index < -0.39 is 16.1 Å². The molecule has 0 heterocycles. The monoisotopic (exact) mass is 426 g/mol. The molecule has 0 aliphatic rings. The Labute approximate surface area is 170 Å². The van der Waals surface area contributed by atoms with Crippen molar-refractivity contribution in [1.29, 1.82) is 0 Å². The van der Waals surface area contributed by atoms with Gasteiger partial charge in [0, 0.05) is 30.1 Å². The van der Waals surface area contributed by atoms with Gasteiger partial charge in [-0.25, -0.2) is 8.42 Å². The third-order valence-corrected chi connectivity index (χ3v) is 6.52. The summed E-state index contributed by atoms with van der Waals surface area (Å²) < 4.78 is 25.0. The summed E-state index contributed by atoms with van der Waals surface area (Å²) in [5.74, 6) is 1.21. The second-order valence-corrected chi connectivity index (χ2v) is 9.65. The molecule has 0 bridgehead atoms. The first-order valence-corrected chi connectivity index (χ1v) is 11.7. The molecule has 5 nitrogen and oxygen atoms in total. The highest BCUT2D eigenvalue weighted by Crippen LogP contribution is 2.22. The Balaban J connectivity index is 1.91. The molecule has 8 heteroatoms. The van der Waals surface area contributed by atoms with E-state index in [9.17, 15) is 13.2 Å². The number of carbonyl (C=O) groups excluding carboxylic acids is 1. The van der Waals surface area contributed by atoms with Crippen molar-refractivity contribution in [3.63, 3.8) is 0 Å². The number of nitrogens with one attached hydrogen (secondary N) is 1. The normalized spacial score (nSPS) is 12.7. The number of sulfonamides is 1. The molecule has 0 radical (unpaired) electrons.